The third kappa shape index (κ3) is 51.2. The topological polar surface area (TPSA) is 18.5 Å². The number of rotatable bonds is 10. The molecule has 129 heavy (non-hydrogen) atoms. The smallest absolute Gasteiger partial charge is 0.162 e. The van der Waals surface area contributed by atoms with Gasteiger partial charge in [0.1, 0.15) is 35.1 Å². The molecule has 0 saturated heterocycles. The third-order valence-corrected chi connectivity index (χ3v) is 21.6. The summed E-state index contributed by atoms with van der Waals surface area (Å²) in [5, 5.41) is 0. The Balaban J connectivity index is 0.000000717. The summed E-state index contributed by atoms with van der Waals surface area (Å²) in [6.07, 6.45) is 7.60. The van der Waals surface area contributed by atoms with E-state index in [-0.39, 0.29) is 55.4 Å². The SMILES string of the molecule is CC(C)(C)CCc1ccccc1.CC(C)(C)c1ccc(C(C)(C)C)cc1.CC(C)(C)c1ccccc1F.Cc1cc(F)c(C(C)(C)C)c(F)c1.Cc1ccc(C(C)(C)C)c(C)c1.Cc1ccc(C(C)(C)C)c(F)c1F.Cc1ccc(CCC(C)(C)C)cc1.Cc1ccc(OCC(C)(C)C)c(C)c1.Cc1cccc(CCC(C)(C)C)c1.Cc1cccc(OC(C)C(C)(C)C)c1. The van der Waals surface area contributed by atoms with Gasteiger partial charge in [-0.15, -0.1) is 0 Å². The molecule has 7 heteroatoms. The Morgan fingerprint density at radius 2 is 0.643 bits per heavy atom. The van der Waals surface area contributed by atoms with Gasteiger partial charge in [-0.25, -0.2) is 22.0 Å². The van der Waals surface area contributed by atoms with Gasteiger partial charge in [-0.3, -0.25) is 0 Å². The normalized spacial score (nSPS) is 12.1. The van der Waals surface area contributed by atoms with Crippen LogP contribution in [0.2, 0.25) is 0 Å². The lowest BCUT2D eigenvalue weighted by Crippen LogP contribution is -2.28. The van der Waals surface area contributed by atoms with Crippen molar-refractivity contribution in [1.82, 2.24) is 0 Å². The summed E-state index contributed by atoms with van der Waals surface area (Å²) in [6.45, 7) is 92.0. The molecule has 10 aromatic carbocycles. The van der Waals surface area contributed by atoms with Gasteiger partial charge in [-0.1, -0.05) is 427 Å². The average Bonchev–Trinajstić information content (AvgIpc) is 0.807. The van der Waals surface area contributed by atoms with E-state index in [0.29, 0.717) is 32.9 Å². The van der Waals surface area contributed by atoms with Crippen molar-refractivity contribution >= 4 is 0 Å². The molecular weight excluding hydrogens is 1590 g/mol. The first-order valence-electron chi connectivity index (χ1n) is 47.0. The molecule has 714 valence electrons. The Morgan fingerprint density at radius 3 is 1.02 bits per heavy atom. The molecule has 0 aromatic heterocycles. The zero-order chi connectivity index (χ0) is 99.6. The van der Waals surface area contributed by atoms with Gasteiger partial charge in [-0.2, -0.15) is 0 Å². The molecule has 0 N–H and O–H groups in total. The maximum atomic E-state index is 13.4. The molecular formula is C122H179F5O2. The molecule has 10 rings (SSSR count). The second-order valence-corrected chi connectivity index (χ2v) is 47.7. The third-order valence-electron chi connectivity index (χ3n) is 21.6. The highest BCUT2D eigenvalue weighted by atomic mass is 19.2. The molecule has 0 aliphatic heterocycles. The van der Waals surface area contributed by atoms with Crippen LogP contribution in [0.3, 0.4) is 0 Å². The summed E-state index contributed by atoms with van der Waals surface area (Å²) in [4.78, 5) is 0. The first kappa shape index (κ1) is 118. The Bertz CT molecular complexity index is 4810. The van der Waals surface area contributed by atoms with E-state index in [1.807, 2.05) is 65.8 Å². The molecule has 0 fully saturated rings. The molecule has 0 aliphatic carbocycles. The molecule has 2 nitrogen and oxygen atoms in total. The molecule has 0 aliphatic rings. The Kier molecular flexibility index (Phi) is 47.8. The van der Waals surface area contributed by atoms with E-state index in [0.717, 1.165) is 23.7 Å². The minimum atomic E-state index is -0.729. The standard InChI is InChI=1S/C14H22.2C13H20O.2C13H20.2C12H18.2C11H14F2.C10H13F/c1-13(2,3)11-7-9-12(10-8-11)14(4,5)6;1-10-6-7-12(11(2)8-10)14-9-13(3,4)5;1-10-7-6-8-12(9-10)14-11(2)13(3,4)5;1-11-5-7-12(8-6-11)9-10-13(2,3)4;1-11-6-5-7-12(10-11)8-9-13(2,3)4;1-9-6-7-11(10(2)8-9)12(3,4)5;1-12(2,3)10-9-11-7-5-4-6-8-11;1-7-5-8(12)10(9(13)6-7)11(2,3)4;1-7-5-6-8(11(2,3)4)10(13)9(7)12;1-10(2,3)8-6-4-5-7-9(8)11/h7-10H,1-6H3;6-8H,9H2,1-5H3;6-9,11H,1-5H3;5-8H,9-10H2,1-4H3;5-7,10H,8-9H2,1-4H3;6-8H,1-5H3;4-8H,9-10H2,1-3H3;2*5-6H,1-4H3;4-7H,1-3H3. The van der Waals surface area contributed by atoms with Crippen molar-refractivity contribution in [2.75, 3.05) is 6.61 Å². The lowest BCUT2D eigenvalue weighted by Gasteiger charge is -2.28. The van der Waals surface area contributed by atoms with Gasteiger partial charge < -0.3 is 9.47 Å². The lowest BCUT2D eigenvalue weighted by atomic mass is 9.82. The van der Waals surface area contributed by atoms with Crippen LogP contribution in [0.5, 0.6) is 11.5 Å². The highest BCUT2D eigenvalue weighted by Crippen LogP contribution is 2.34. The molecule has 0 radical (unpaired) electrons. The molecule has 1 atom stereocenters. The number of hydrogen-bond donors (Lipinski definition) is 0. The molecule has 10 aromatic rings. The second kappa shape index (κ2) is 52.0. The summed E-state index contributed by atoms with van der Waals surface area (Å²) >= 11 is 0. The van der Waals surface area contributed by atoms with Crippen molar-refractivity contribution < 1.29 is 31.4 Å². The first-order chi connectivity index (χ1) is 58.6. The second-order valence-electron chi connectivity index (χ2n) is 47.7. The summed E-state index contributed by atoms with van der Waals surface area (Å²) in [5.41, 5.74) is 21.8. The number of halogens is 5. The van der Waals surface area contributed by atoms with E-state index in [1.54, 1.807) is 52.8 Å². The van der Waals surface area contributed by atoms with Crippen molar-refractivity contribution in [2.24, 2.45) is 27.1 Å². The van der Waals surface area contributed by atoms with Crippen LogP contribution in [0.25, 0.3) is 0 Å². The zero-order valence-electron chi connectivity index (χ0n) is 89.4. The number of aryl methyl sites for hydroxylation is 12. The quantitative estimate of drug-likeness (QED) is 0.127. The van der Waals surface area contributed by atoms with Gasteiger partial charge in [0.05, 0.1) is 6.61 Å². The maximum Gasteiger partial charge on any atom is 0.162 e. The molecule has 0 amide bonds. The van der Waals surface area contributed by atoms with E-state index in [4.69, 9.17) is 9.47 Å². The van der Waals surface area contributed by atoms with Crippen LogP contribution < -0.4 is 9.47 Å². The van der Waals surface area contributed by atoms with Crippen LogP contribution in [0.15, 0.2) is 212 Å². The van der Waals surface area contributed by atoms with Crippen LogP contribution in [-0.2, 0) is 51.8 Å². The van der Waals surface area contributed by atoms with Crippen molar-refractivity contribution in [1.29, 1.82) is 0 Å². The molecule has 1 unspecified atom stereocenters. The van der Waals surface area contributed by atoms with Crippen LogP contribution >= 0.6 is 0 Å². The van der Waals surface area contributed by atoms with E-state index in [1.165, 1.54) is 129 Å². The van der Waals surface area contributed by atoms with Crippen LogP contribution in [0.4, 0.5) is 22.0 Å². The highest BCUT2D eigenvalue weighted by Gasteiger charge is 2.26. The predicted octanol–water partition coefficient (Wildman–Crippen LogP) is 37.3. The van der Waals surface area contributed by atoms with Gasteiger partial charge in [0.25, 0.3) is 0 Å². The van der Waals surface area contributed by atoms with E-state index < -0.39 is 28.7 Å². The van der Waals surface area contributed by atoms with Gasteiger partial charge in [-0.05, 0) is 276 Å². The van der Waals surface area contributed by atoms with E-state index >= 15 is 0 Å². The Morgan fingerprint density at radius 1 is 0.264 bits per heavy atom. The van der Waals surface area contributed by atoms with Gasteiger partial charge in [0.2, 0.25) is 0 Å². The maximum absolute atomic E-state index is 13.4. The Hall–Kier alpha value is -8.55. The number of ether oxygens (including phenoxy) is 2. The van der Waals surface area contributed by atoms with E-state index in [9.17, 15) is 22.0 Å². The molecule has 0 bridgehead atoms. The van der Waals surface area contributed by atoms with Gasteiger partial charge >= 0.3 is 0 Å². The zero-order valence-corrected chi connectivity index (χ0v) is 89.4. The first-order valence-corrected chi connectivity index (χ1v) is 47.0. The monoisotopic (exact) mass is 1770 g/mol. The molecule has 0 spiro atoms. The Labute approximate surface area is 788 Å². The fraction of sp³-hybridized carbons (Fsp3) is 0.508. The predicted molar refractivity (Wildman–Crippen MR) is 557 cm³/mol. The summed E-state index contributed by atoms with van der Waals surface area (Å²) in [5.74, 6) is -0.493. The van der Waals surface area contributed by atoms with Crippen molar-refractivity contribution in [3.05, 3.63) is 342 Å². The van der Waals surface area contributed by atoms with Crippen molar-refractivity contribution in [3.8, 4) is 11.5 Å². The van der Waals surface area contributed by atoms with Gasteiger partial charge in [0, 0.05) is 5.56 Å². The summed E-state index contributed by atoms with van der Waals surface area (Å²) in [6, 6.07) is 71.4. The largest absolute Gasteiger partial charge is 0.493 e. The number of hydrogen-bond acceptors (Lipinski definition) is 2. The minimum Gasteiger partial charge on any atom is -0.493 e. The van der Waals surface area contributed by atoms with Gasteiger partial charge in [0.15, 0.2) is 11.6 Å². The number of benzene rings is 10. The highest BCUT2D eigenvalue weighted by molar-refractivity contribution is 5.38. The minimum absolute atomic E-state index is 0.0919. The molecule has 0 heterocycles. The van der Waals surface area contributed by atoms with Crippen LogP contribution in [-0.4, -0.2) is 12.7 Å². The van der Waals surface area contributed by atoms with Crippen molar-refractivity contribution in [3.63, 3.8) is 0 Å². The van der Waals surface area contributed by atoms with Crippen molar-refractivity contribution in [2.45, 2.75) is 375 Å². The lowest BCUT2D eigenvalue weighted by molar-refractivity contribution is 0.103. The average molecular weight is 1770 g/mol. The molecule has 0 saturated carbocycles. The van der Waals surface area contributed by atoms with Crippen LogP contribution in [0.1, 0.15) is 355 Å². The van der Waals surface area contributed by atoms with E-state index in [2.05, 4.69) is 373 Å². The fourth-order valence-electron chi connectivity index (χ4n) is 13.0. The fourth-order valence-corrected chi connectivity index (χ4v) is 13.0. The summed E-state index contributed by atoms with van der Waals surface area (Å²) in [7, 11) is 0. The summed E-state index contributed by atoms with van der Waals surface area (Å²) < 4.78 is 78.0. The van der Waals surface area contributed by atoms with Crippen LogP contribution in [0, 0.1) is 118 Å².